The molecule has 1 aromatic rings. The van der Waals surface area contributed by atoms with Crippen LogP contribution in [-0.4, -0.2) is 36.1 Å². The third-order valence-electron chi connectivity index (χ3n) is 3.64. The van der Waals surface area contributed by atoms with E-state index in [0.29, 0.717) is 12.8 Å². The molecule has 0 aromatic heterocycles. The molecule has 0 bridgehead atoms. The highest BCUT2D eigenvalue weighted by atomic mass is 35.5. The van der Waals surface area contributed by atoms with Gasteiger partial charge in [-0.2, -0.15) is 0 Å². The van der Waals surface area contributed by atoms with E-state index >= 15 is 0 Å². The zero-order valence-electron chi connectivity index (χ0n) is 10.9. The number of fused-ring (bicyclic) bond motifs is 1. The summed E-state index contributed by atoms with van der Waals surface area (Å²) in [5, 5.41) is 12.5. The third-order valence-corrected chi connectivity index (χ3v) is 3.89. The number of aliphatic hydroxyl groups is 1. The first-order valence-electron chi connectivity index (χ1n) is 6.26. The second-order valence-corrected chi connectivity index (χ2v) is 5.20. The molecule has 0 spiro atoms. The molecule has 0 aliphatic heterocycles. The Morgan fingerprint density at radius 1 is 1.53 bits per heavy atom. The van der Waals surface area contributed by atoms with Gasteiger partial charge in [0.15, 0.2) is 0 Å². The molecular formula is C14H18ClNO3. The molecule has 0 saturated heterocycles. The van der Waals surface area contributed by atoms with Crippen LogP contribution in [-0.2, 0) is 17.6 Å². The van der Waals surface area contributed by atoms with E-state index in [9.17, 15) is 9.90 Å². The van der Waals surface area contributed by atoms with Gasteiger partial charge in [0.2, 0.25) is 5.91 Å². The molecule has 0 fully saturated rings. The summed E-state index contributed by atoms with van der Waals surface area (Å²) in [6.45, 7) is -0.0910. The second-order valence-electron chi connectivity index (χ2n) is 4.93. The van der Waals surface area contributed by atoms with Gasteiger partial charge in [0.1, 0.15) is 11.6 Å². The minimum absolute atomic E-state index is 0.0906. The Hall–Kier alpha value is -1.26. The minimum atomic E-state index is -0.606. The lowest BCUT2D eigenvalue weighted by atomic mass is 9.78. The van der Waals surface area contributed by atoms with Gasteiger partial charge >= 0.3 is 0 Å². The number of carbonyl (C=O) groups is 1. The van der Waals surface area contributed by atoms with Crippen LogP contribution in [0.25, 0.3) is 0 Å². The first kappa shape index (κ1) is 14.2. The SMILES string of the molecule is COc1ccc2c(c1)CC(CO)(NC(=O)CCl)CC2. The highest BCUT2D eigenvalue weighted by molar-refractivity contribution is 6.27. The van der Waals surface area contributed by atoms with Crippen LogP contribution in [0.4, 0.5) is 0 Å². The standard InChI is InChI=1S/C14H18ClNO3/c1-19-12-3-2-10-4-5-14(9-17,7-11(10)6-12)16-13(18)8-15/h2-3,6,17H,4-5,7-9H2,1H3,(H,16,18). The van der Waals surface area contributed by atoms with Crippen LogP contribution in [0.15, 0.2) is 18.2 Å². The molecule has 2 rings (SSSR count). The van der Waals surface area contributed by atoms with Crippen molar-refractivity contribution in [2.75, 3.05) is 19.6 Å². The second kappa shape index (κ2) is 5.80. The van der Waals surface area contributed by atoms with Gasteiger partial charge in [-0.1, -0.05) is 6.07 Å². The lowest BCUT2D eigenvalue weighted by molar-refractivity contribution is -0.121. The van der Waals surface area contributed by atoms with Gasteiger partial charge < -0.3 is 15.2 Å². The van der Waals surface area contributed by atoms with Crippen molar-refractivity contribution in [3.8, 4) is 5.75 Å². The molecule has 2 N–H and O–H groups in total. The summed E-state index contributed by atoms with van der Waals surface area (Å²) in [4.78, 5) is 11.5. The number of benzene rings is 1. The van der Waals surface area contributed by atoms with E-state index in [4.69, 9.17) is 16.3 Å². The summed E-state index contributed by atoms with van der Waals surface area (Å²) in [5.74, 6) is 0.449. The highest BCUT2D eigenvalue weighted by Crippen LogP contribution is 2.31. The number of rotatable bonds is 4. The van der Waals surface area contributed by atoms with Crippen LogP contribution >= 0.6 is 11.6 Å². The van der Waals surface area contributed by atoms with E-state index in [1.165, 1.54) is 5.56 Å². The molecule has 1 aliphatic rings. The Morgan fingerprint density at radius 2 is 2.32 bits per heavy atom. The summed E-state index contributed by atoms with van der Waals surface area (Å²) in [6.07, 6.45) is 2.13. The van der Waals surface area contributed by atoms with E-state index < -0.39 is 5.54 Å². The number of halogens is 1. The number of aliphatic hydroxyl groups excluding tert-OH is 1. The topological polar surface area (TPSA) is 58.6 Å². The number of nitrogens with one attached hydrogen (secondary N) is 1. The first-order valence-corrected chi connectivity index (χ1v) is 6.79. The Kier molecular flexibility index (Phi) is 4.32. The predicted octanol–water partition coefficient (Wildman–Crippen LogP) is 1.27. The maximum atomic E-state index is 11.5. The zero-order valence-corrected chi connectivity index (χ0v) is 11.7. The lowest BCUT2D eigenvalue weighted by Gasteiger charge is -2.37. The van der Waals surface area contributed by atoms with Crippen molar-refractivity contribution >= 4 is 17.5 Å². The Balaban J connectivity index is 2.24. The molecule has 0 radical (unpaired) electrons. The maximum Gasteiger partial charge on any atom is 0.235 e. The molecule has 5 heteroatoms. The fourth-order valence-electron chi connectivity index (χ4n) is 2.57. The van der Waals surface area contributed by atoms with E-state index in [-0.39, 0.29) is 18.4 Å². The van der Waals surface area contributed by atoms with E-state index in [2.05, 4.69) is 5.32 Å². The Morgan fingerprint density at radius 3 is 2.95 bits per heavy atom. The third kappa shape index (κ3) is 3.01. The van der Waals surface area contributed by atoms with Crippen molar-refractivity contribution in [1.29, 1.82) is 0 Å². The van der Waals surface area contributed by atoms with Crippen LogP contribution in [0.3, 0.4) is 0 Å². The lowest BCUT2D eigenvalue weighted by Crippen LogP contribution is -2.55. The monoisotopic (exact) mass is 283 g/mol. The molecule has 4 nitrogen and oxygen atoms in total. The smallest absolute Gasteiger partial charge is 0.235 e. The fourth-order valence-corrected chi connectivity index (χ4v) is 2.64. The molecule has 104 valence electrons. The normalized spacial score (nSPS) is 21.6. The highest BCUT2D eigenvalue weighted by Gasteiger charge is 2.35. The number of aryl methyl sites for hydroxylation is 1. The largest absolute Gasteiger partial charge is 0.497 e. The number of hydrogen-bond donors (Lipinski definition) is 2. The van der Waals surface area contributed by atoms with Crippen LogP contribution in [0.1, 0.15) is 17.5 Å². The van der Waals surface area contributed by atoms with Gasteiger partial charge in [0, 0.05) is 0 Å². The van der Waals surface area contributed by atoms with E-state index in [1.54, 1.807) is 7.11 Å². The Labute approximate surface area is 117 Å². The van der Waals surface area contributed by atoms with Crippen LogP contribution in [0.2, 0.25) is 0 Å². The summed E-state index contributed by atoms with van der Waals surface area (Å²) in [6, 6.07) is 5.94. The van der Waals surface area contributed by atoms with Crippen LogP contribution in [0.5, 0.6) is 5.75 Å². The molecule has 1 aliphatic carbocycles. The quantitative estimate of drug-likeness (QED) is 0.818. The molecular weight excluding hydrogens is 266 g/mol. The van der Waals surface area contributed by atoms with Gasteiger partial charge in [0.05, 0.1) is 19.3 Å². The molecule has 0 saturated carbocycles. The number of carbonyl (C=O) groups excluding carboxylic acids is 1. The average Bonchev–Trinajstić information content (AvgIpc) is 2.46. The van der Waals surface area contributed by atoms with Gasteiger partial charge in [0.25, 0.3) is 0 Å². The van der Waals surface area contributed by atoms with Crippen LogP contribution in [0, 0.1) is 0 Å². The Bertz CT molecular complexity index is 478. The molecule has 19 heavy (non-hydrogen) atoms. The summed E-state index contributed by atoms with van der Waals surface area (Å²) >= 11 is 5.52. The first-order chi connectivity index (χ1) is 9.12. The molecule has 1 amide bonds. The van der Waals surface area contributed by atoms with Crippen molar-refractivity contribution in [3.63, 3.8) is 0 Å². The number of amides is 1. The van der Waals surface area contributed by atoms with E-state index in [0.717, 1.165) is 17.7 Å². The number of alkyl halides is 1. The molecule has 1 atom stereocenters. The van der Waals surface area contributed by atoms with Crippen molar-refractivity contribution in [2.24, 2.45) is 0 Å². The fraction of sp³-hybridized carbons (Fsp3) is 0.500. The van der Waals surface area contributed by atoms with Crippen LogP contribution < -0.4 is 10.1 Å². The molecule has 1 aromatic carbocycles. The average molecular weight is 284 g/mol. The van der Waals surface area contributed by atoms with Crippen molar-refractivity contribution in [3.05, 3.63) is 29.3 Å². The van der Waals surface area contributed by atoms with Gasteiger partial charge in [-0.15, -0.1) is 11.6 Å². The van der Waals surface area contributed by atoms with Gasteiger partial charge in [-0.3, -0.25) is 4.79 Å². The summed E-state index contributed by atoms with van der Waals surface area (Å²) in [7, 11) is 1.62. The molecule has 1 unspecified atom stereocenters. The summed E-state index contributed by atoms with van der Waals surface area (Å²) < 4.78 is 5.21. The van der Waals surface area contributed by atoms with Gasteiger partial charge in [-0.05, 0) is 42.5 Å². The predicted molar refractivity (Wildman–Crippen MR) is 73.7 cm³/mol. The minimum Gasteiger partial charge on any atom is -0.497 e. The number of hydrogen-bond acceptors (Lipinski definition) is 3. The summed E-state index contributed by atoms with van der Waals surface area (Å²) in [5.41, 5.74) is 1.74. The maximum absolute atomic E-state index is 11.5. The van der Waals surface area contributed by atoms with Crippen molar-refractivity contribution < 1.29 is 14.6 Å². The van der Waals surface area contributed by atoms with Crippen molar-refractivity contribution in [2.45, 2.75) is 24.8 Å². The number of methoxy groups -OCH3 is 1. The molecule has 0 heterocycles. The van der Waals surface area contributed by atoms with Gasteiger partial charge in [-0.25, -0.2) is 0 Å². The van der Waals surface area contributed by atoms with E-state index in [1.807, 2.05) is 18.2 Å². The van der Waals surface area contributed by atoms with Crippen molar-refractivity contribution in [1.82, 2.24) is 5.32 Å². The zero-order chi connectivity index (χ0) is 13.9. The number of ether oxygens (including phenoxy) is 1.